The van der Waals surface area contributed by atoms with Crippen LogP contribution in [0.2, 0.25) is 0 Å². The summed E-state index contributed by atoms with van der Waals surface area (Å²) in [6, 6.07) is 5.95. The van der Waals surface area contributed by atoms with Gasteiger partial charge in [-0.3, -0.25) is 5.41 Å². The number of nitrogens with one attached hydrogen (secondary N) is 1. The second-order valence-corrected chi connectivity index (χ2v) is 2.42. The molecule has 0 saturated heterocycles. The predicted octanol–water partition coefficient (Wildman–Crippen LogP) is 1.36. The highest BCUT2D eigenvalue weighted by atomic mass is 16.5. The van der Waals surface area contributed by atoms with Crippen molar-refractivity contribution in [2.75, 3.05) is 7.11 Å². The number of hydrogen-bond donors (Lipinski definition) is 2. The van der Waals surface area contributed by atoms with Crippen molar-refractivity contribution < 1.29 is 14.6 Å². The fourth-order valence-electron chi connectivity index (χ4n) is 0.882. The summed E-state index contributed by atoms with van der Waals surface area (Å²) in [6.45, 7) is 0. The van der Waals surface area contributed by atoms with Gasteiger partial charge in [0.25, 0.3) is 0 Å². The van der Waals surface area contributed by atoms with Gasteiger partial charge in [0.15, 0.2) is 0 Å². The lowest BCUT2D eigenvalue weighted by Crippen LogP contribution is -2.02. The lowest BCUT2D eigenvalue weighted by Gasteiger charge is -2.01. The quantitative estimate of drug-likeness (QED) is 0.531. The molecule has 0 atom stereocenters. The standard InChI is InChI=1S/C9H9NO3/c1-13-8(10)6-2-4-7(5-3-6)9(11)12/h2-5,10H,1H3,(H,11,12). The number of aromatic carboxylic acids is 1. The van der Waals surface area contributed by atoms with E-state index >= 15 is 0 Å². The van der Waals surface area contributed by atoms with Crippen LogP contribution in [0.25, 0.3) is 0 Å². The molecule has 1 aromatic rings. The number of carboxylic acids is 1. The molecule has 4 nitrogen and oxygen atoms in total. The van der Waals surface area contributed by atoms with Crippen molar-refractivity contribution in [3.8, 4) is 0 Å². The normalized spacial score (nSPS) is 9.31. The summed E-state index contributed by atoms with van der Waals surface area (Å²) < 4.78 is 4.67. The maximum absolute atomic E-state index is 10.5. The lowest BCUT2D eigenvalue weighted by molar-refractivity contribution is 0.0697. The number of carboxylic acid groups (broad SMARTS) is 1. The van der Waals surface area contributed by atoms with Crippen molar-refractivity contribution in [3.63, 3.8) is 0 Å². The first-order valence-electron chi connectivity index (χ1n) is 3.61. The van der Waals surface area contributed by atoms with Crippen LogP contribution >= 0.6 is 0 Å². The van der Waals surface area contributed by atoms with E-state index in [0.29, 0.717) is 5.56 Å². The van der Waals surface area contributed by atoms with Gasteiger partial charge in [-0.15, -0.1) is 0 Å². The van der Waals surface area contributed by atoms with E-state index in [2.05, 4.69) is 4.74 Å². The summed E-state index contributed by atoms with van der Waals surface area (Å²) in [5.74, 6) is -0.951. The molecule has 0 bridgehead atoms. The topological polar surface area (TPSA) is 70.4 Å². The first kappa shape index (κ1) is 9.25. The second-order valence-electron chi connectivity index (χ2n) is 2.42. The maximum Gasteiger partial charge on any atom is 0.335 e. The number of hydrogen-bond acceptors (Lipinski definition) is 3. The monoisotopic (exact) mass is 179 g/mol. The summed E-state index contributed by atoms with van der Waals surface area (Å²) in [4.78, 5) is 10.5. The summed E-state index contributed by atoms with van der Waals surface area (Å²) in [7, 11) is 1.40. The minimum Gasteiger partial charge on any atom is -0.481 e. The van der Waals surface area contributed by atoms with Crippen LogP contribution in [-0.4, -0.2) is 24.1 Å². The van der Waals surface area contributed by atoms with Gasteiger partial charge in [-0.1, -0.05) is 0 Å². The average Bonchev–Trinajstić information content (AvgIpc) is 2.17. The first-order valence-corrected chi connectivity index (χ1v) is 3.61. The van der Waals surface area contributed by atoms with Crippen molar-refractivity contribution in [2.24, 2.45) is 0 Å². The van der Waals surface area contributed by atoms with Crippen molar-refractivity contribution >= 4 is 11.9 Å². The van der Waals surface area contributed by atoms with Crippen LogP contribution in [0, 0.1) is 5.41 Å². The molecule has 1 rings (SSSR count). The van der Waals surface area contributed by atoms with E-state index < -0.39 is 5.97 Å². The van der Waals surface area contributed by atoms with Gasteiger partial charge in [0.1, 0.15) is 0 Å². The van der Waals surface area contributed by atoms with Gasteiger partial charge in [-0.2, -0.15) is 0 Å². The summed E-state index contributed by atoms with van der Waals surface area (Å²) in [5.41, 5.74) is 0.764. The molecule has 2 N–H and O–H groups in total. The zero-order chi connectivity index (χ0) is 9.84. The molecule has 13 heavy (non-hydrogen) atoms. The maximum atomic E-state index is 10.5. The Morgan fingerprint density at radius 3 is 2.15 bits per heavy atom. The van der Waals surface area contributed by atoms with Crippen LogP contribution in [0.5, 0.6) is 0 Å². The van der Waals surface area contributed by atoms with E-state index in [1.54, 1.807) is 0 Å². The Morgan fingerprint density at radius 1 is 1.31 bits per heavy atom. The second kappa shape index (κ2) is 3.71. The Balaban J connectivity index is 2.93. The third-order valence-corrected chi connectivity index (χ3v) is 1.60. The number of rotatable bonds is 2. The molecule has 68 valence electrons. The molecule has 0 amide bonds. The Hall–Kier alpha value is -1.84. The molecule has 0 fully saturated rings. The van der Waals surface area contributed by atoms with Crippen LogP contribution in [0.1, 0.15) is 15.9 Å². The number of methoxy groups -OCH3 is 1. The van der Waals surface area contributed by atoms with E-state index in [4.69, 9.17) is 10.5 Å². The Bertz CT molecular complexity index is 329. The average molecular weight is 179 g/mol. The molecule has 0 aromatic heterocycles. The van der Waals surface area contributed by atoms with E-state index in [-0.39, 0.29) is 11.5 Å². The van der Waals surface area contributed by atoms with Crippen molar-refractivity contribution in [3.05, 3.63) is 35.4 Å². The van der Waals surface area contributed by atoms with Gasteiger partial charge < -0.3 is 9.84 Å². The molecule has 0 radical (unpaired) electrons. The molecule has 0 aliphatic rings. The summed E-state index contributed by atoms with van der Waals surface area (Å²) in [5, 5.41) is 15.9. The highest BCUT2D eigenvalue weighted by Gasteiger charge is 2.04. The lowest BCUT2D eigenvalue weighted by atomic mass is 10.1. The van der Waals surface area contributed by atoms with Gasteiger partial charge in [-0.05, 0) is 24.3 Å². The van der Waals surface area contributed by atoms with Crippen molar-refractivity contribution in [1.82, 2.24) is 0 Å². The molecular formula is C9H9NO3. The van der Waals surface area contributed by atoms with Gasteiger partial charge in [0, 0.05) is 5.56 Å². The fraction of sp³-hybridized carbons (Fsp3) is 0.111. The Morgan fingerprint density at radius 2 is 1.77 bits per heavy atom. The number of carbonyl (C=O) groups is 1. The fourth-order valence-corrected chi connectivity index (χ4v) is 0.882. The van der Waals surface area contributed by atoms with E-state index in [1.807, 2.05) is 0 Å². The molecule has 0 heterocycles. The van der Waals surface area contributed by atoms with Gasteiger partial charge in [0.05, 0.1) is 12.7 Å². The zero-order valence-electron chi connectivity index (χ0n) is 7.07. The zero-order valence-corrected chi connectivity index (χ0v) is 7.07. The minimum absolute atomic E-state index is 0.0249. The third-order valence-electron chi connectivity index (χ3n) is 1.60. The molecule has 0 unspecified atom stereocenters. The molecule has 4 heteroatoms. The minimum atomic E-state index is -0.976. The van der Waals surface area contributed by atoms with Gasteiger partial charge in [-0.25, -0.2) is 4.79 Å². The van der Waals surface area contributed by atoms with Crippen LogP contribution in [0.15, 0.2) is 24.3 Å². The van der Waals surface area contributed by atoms with Gasteiger partial charge >= 0.3 is 5.97 Å². The van der Waals surface area contributed by atoms with E-state index in [9.17, 15) is 4.79 Å². The van der Waals surface area contributed by atoms with Crippen molar-refractivity contribution in [2.45, 2.75) is 0 Å². The first-order chi connectivity index (χ1) is 6.15. The van der Waals surface area contributed by atoms with Crippen LogP contribution in [0.4, 0.5) is 0 Å². The van der Waals surface area contributed by atoms with Crippen LogP contribution < -0.4 is 0 Å². The Kier molecular flexibility index (Phi) is 2.64. The predicted molar refractivity (Wildman–Crippen MR) is 47.2 cm³/mol. The number of ether oxygens (including phenoxy) is 1. The van der Waals surface area contributed by atoms with Crippen molar-refractivity contribution in [1.29, 1.82) is 5.41 Å². The van der Waals surface area contributed by atoms with Gasteiger partial charge in [0.2, 0.25) is 5.90 Å². The SMILES string of the molecule is COC(=N)c1ccc(C(=O)O)cc1. The third kappa shape index (κ3) is 2.05. The molecule has 0 spiro atoms. The summed E-state index contributed by atoms with van der Waals surface area (Å²) in [6.07, 6.45) is 0. The Labute approximate surface area is 75.3 Å². The van der Waals surface area contributed by atoms with E-state index in [0.717, 1.165) is 0 Å². The van der Waals surface area contributed by atoms with E-state index in [1.165, 1.54) is 31.4 Å². The largest absolute Gasteiger partial charge is 0.481 e. The highest BCUT2D eigenvalue weighted by Crippen LogP contribution is 2.05. The molecule has 0 aliphatic carbocycles. The molecule has 0 saturated carbocycles. The molecule has 0 aliphatic heterocycles. The number of benzene rings is 1. The van der Waals surface area contributed by atoms with Crippen LogP contribution in [0.3, 0.4) is 0 Å². The molecule has 1 aromatic carbocycles. The summed E-state index contributed by atoms with van der Waals surface area (Å²) >= 11 is 0. The highest BCUT2D eigenvalue weighted by molar-refractivity contribution is 5.93. The smallest absolute Gasteiger partial charge is 0.335 e. The van der Waals surface area contributed by atoms with Crippen LogP contribution in [-0.2, 0) is 4.74 Å². The molecular weight excluding hydrogens is 170 g/mol.